The Morgan fingerprint density at radius 1 is 1.10 bits per heavy atom. The number of esters is 1. The number of nitrogens with zero attached hydrogens (tertiary/aromatic N) is 1. The number of methoxy groups -OCH3 is 1. The topological polar surface area (TPSA) is 68.5 Å². The SMILES string of the molecule is COCc1c(F)c(F)c(COC(=O)[C@@H]2[C@@H](/C=C(/C#N)OC(C)C)C2(C)C)c(F)c1F. The minimum absolute atomic E-state index is 0.0494. The maximum absolute atomic E-state index is 14.2. The van der Waals surface area contributed by atoms with Gasteiger partial charge in [0.25, 0.3) is 0 Å². The average molecular weight is 429 g/mol. The Balaban J connectivity index is 2.17. The zero-order valence-electron chi connectivity index (χ0n) is 17.3. The summed E-state index contributed by atoms with van der Waals surface area (Å²) in [7, 11) is 1.12. The van der Waals surface area contributed by atoms with Crippen molar-refractivity contribution in [1.82, 2.24) is 0 Å². The van der Waals surface area contributed by atoms with Crippen LogP contribution in [-0.4, -0.2) is 19.2 Å². The maximum atomic E-state index is 14.2. The van der Waals surface area contributed by atoms with Crippen LogP contribution in [0.25, 0.3) is 0 Å². The molecule has 0 bridgehead atoms. The molecule has 0 aliphatic heterocycles. The van der Waals surface area contributed by atoms with E-state index in [9.17, 15) is 22.4 Å². The second-order valence-electron chi connectivity index (χ2n) is 7.89. The quantitative estimate of drug-likeness (QED) is 0.200. The molecule has 2 rings (SSSR count). The molecule has 1 aliphatic rings. The molecule has 0 radical (unpaired) electrons. The Labute approximate surface area is 172 Å². The highest BCUT2D eigenvalue weighted by atomic mass is 19.2. The fraction of sp³-hybridized carbons (Fsp3) is 0.524. The van der Waals surface area contributed by atoms with E-state index in [4.69, 9.17) is 14.7 Å². The van der Waals surface area contributed by atoms with Gasteiger partial charge in [-0.05, 0) is 25.3 Å². The van der Waals surface area contributed by atoms with Gasteiger partial charge in [-0.2, -0.15) is 5.26 Å². The fourth-order valence-electron chi connectivity index (χ4n) is 3.31. The van der Waals surface area contributed by atoms with Gasteiger partial charge in [0.05, 0.1) is 29.8 Å². The van der Waals surface area contributed by atoms with E-state index < -0.39 is 70.8 Å². The number of nitriles is 1. The lowest BCUT2D eigenvalue weighted by atomic mass is 10.1. The van der Waals surface area contributed by atoms with Crippen LogP contribution in [0, 0.1) is 51.9 Å². The van der Waals surface area contributed by atoms with Crippen molar-refractivity contribution in [2.45, 2.75) is 47.0 Å². The molecule has 1 aliphatic carbocycles. The summed E-state index contributed by atoms with van der Waals surface area (Å²) in [6, 6.07) is 1.90. The summed E-state index contributed by atoms with van der Waals surface area (Å²) >= 11 is 0. The van der Waals surface area contributed by atoms with Crippen LogP contribution in [0.1, 0.15) is 38.8 Å². The van der Waals surface area contributed by atoms with Gasteiger partial charge in [-0.25, -0.2) is 17.6 Å². The smallest absolute Gasteiger partial charge is 0.310 e. The van der Waals surface area contributed by atoms with Crippen molar-refractivity contribution >= 4 is 5.97 Å². The van der Waals surface area contributed by atoms with Gasteiger partial charge < -0.3 is 14.2 Å². The normalized spacial score (nSPS) is 20.1. The Morgan fingerprint density at radius 3 is 2.03 bits per heavy atom. The number of allylic oxidation sites excluding steroid dienone is 2. The number of ether oxygens (including phenoxy) is 3. The third-order valence-electron chi connectivity index (χ3n) is 5.06. The average Bonchev–Trinajstić information content (AvgIpc) is 3.22. The maximum Gasteiger partial charge on any atom is 0.310 e. The zero-order chi connectivity index (χ0) is 22.8. The van der Waals surface area contributed by atoms with Crippen molar-refractivity contribution in [3.63, 3.8) is 0 Å². The van der Waals surface area contributed by atoms with E-state index in [0.29, 0.717) is 0 Å². The van der Waals surface area contributed by atoms with E-state index in [1.54, 1.807) is 27.7 Å². The van der Waals surface area contributed by atoms with Gasteiger partial charge in [0, 0.05) is 13.0 Å². The van der Waals surface area contributed by atoms with Crippen molar-refractivity contribution in [2.75, 3.05) is 7.11 Å². The van der Waals surface area contributed by atoms with Crippen molar-refractivity contribution in [1.29, 1.82) is 5.26 Å². The first kappa shape index (κ1) is 23.7. The van der Waals surface area contributed by atoms with Gasteiger partial charge in [0.2, 0.25) is 0 Å². The van der Waals surface area contributed by atoms with E-state index in [0.717, 1.165) is 7.11 Å². The van der Waals surface area contributed by atoms with Crippen LogP contribution >= 0.6 is 0 Å². The van der Waals surface area contributed by atoms with Crippen LogP contribution in [0.5, 0.6) is 0 Å². The monoisotopic (exact) mass is 429 g/mol. The summed E-state index contributed by atoms with van der Waals surface area (Å²) in [4.78, 5) is 12.4. The van der Waals surface area contributed by atoms with Gasteiger partial charge >= 0.3 is 5.97 Å². The minimum atomic E-state index is -1.64. The number of halogens is 4. The fourth-order valence-corrected chi connectivity index (χ4v) is 3.31. The number of hydrogen-bond donors (Lipinski definition) is 0. The Kier molecular flexibility index (Phi) is 7.14. The lowest BCUT2D eigenvalue weighted by Gasteiger charge is -2.12. The molecule has 1 fully saturated rings. The van der Waals surface area contributed by atoms with E-state index in [-0.39, 0.29) is 11.9 Å². The van der Waals surface area contributed by atoms with Gasteiger partial charge in [-0.15, -0.1) is 0 Å². The first-order valence-electron chi connectivity index (χ1n) is 9.25. The third-order valence-corrected chi connectivity index (χ3v) is 5.06. The molecule has 0 aromatic heterocycles. The number of benzene rings is 1. The zero-order valence-corrected chi connectivity index (χ0v) is 17.3. The second kappa shape index (κ2) is 9.04. The number of carbonyl (C=O) groups excluding carboxylic acids is 1. The van der Waals surface area contributed by atoms with Crippen LogP contribution in [0.4, 0.5) is 17.6 Å². The van der Waals surface area contributed by atoms with Gasteiger partial charge in [-0.3, -0.25) is 4.79 Å². The Bertz CT molecular complexity index is 876. The minimum Gasteiger partial charge on any atom is -0.481 e. The molecule has 9 heteroatoms. The van der Waals surface area contributed by atoms with E-state index >= 15 is 0 Å². The summed E-state index contributed by atoms with van der Waals surface area (Å²) in [6.45, 7) is 5.36. The molecule has 5 nitrogen and oxygen atoms in total. The van der Waals surface area contributed by atoms with Crippen molar-refractivity contribution in [2.24, 2.45) is 17.3 Å². The van der Waals surface area contributed by atoms with E-state index in [1.165, 1.54) is 6.08 Å². The van der Waals surface area contributed by atoms with Crippen LogP contribution in [0.3, 0.4) is 0 Å². The molecule has 0 spiro atoms. The molecule has 0 unspecified atom stereocenters. The lowest BCUT2D eigenvalue weighted by molar-refractivity contribution is -0.147. The molecule has 0 heterocycles. The largest absolute Gasteiger partial charge is 0.481 e. The highest BCUT2D eigenvalue weighted by Gasteiger charge is 2.62. The summed E-state index contributed by atoms with van der Waals surface area (Å²) in [5.74, 6) is -8.33. The van der Waals surface area contributed by atoms with Crippen LogP contribution in [-0.2, 0) is 32.2 Å². The molecule has 2 atom stereocenters. The van der Waals surface area contributed by atoms with E-state index in [2.05, 4.69) is 4.74 Å². The first-order chi connectivity index (χ1) is 14.0. The number of carbonyl (C=O) groups is 1. The third kappa shape index (κ3) is 4.59. The molecule has 30 heavy (non-hydrogen) atoms. The van der Waals surface area contributed by atoms with Crippen LogP contribution in [0.2, 0.25) is 0 Å². The highest BCUT2D eigenvalue weighted by molar-refractivity contribution is 5.78. The van der Waals surface area contributed by atoms with Gasteiger partial charge in [-0.1, -0.05) is 13.8 Å². The molecule has 1 aromatic rings. The lowest BCUT2D eigenvalue weighted by Crippen LogP contribution is -2.15. The molecular formula is C21H23F4NO4. The van der Waals surface area contributed by atoms with E-state index in [1.807, 2.05) is 6.07 Å². The summed E-state index contributed by atoms with van der Waals surface area (Å²) in [5.41, 5.74) is -2.50. The Hall–Kier alpha value is -2.60. The molecule has 1 aromatic carbocycles. The number of rotatable bonds is 8. The number of hydrogen-bond acceptors (Lipinski definition) is 5. The standard InChI is InChI=1S/C21H23F4NO4/c1-10(2)30-11(7-26)6-14-15(21(14,3)4)20(27)29-9-13-18(24)16(22)12(8-28-5)17(23)19(13)25/h6,10,14-15H,8-9H2,1-5H3/b11-6-/t14-,15+/m1/s1. The van der Waals surface area contributed by atoms with Gasteiger partial charge in [0.1, 0.15) is 12.7 Å². The van der Waals surface area contributed by atoms with Crippen molar-refractivity contribution < 1.29 is 36.6 Å². The van der Waals surface area contributed by atoms with Gasteiger partial charge in [0.15, 0.2) is 29.0 Å². The highest BCUT2D eigenvalue weighted by Crippen LogP contribution is 2.60. The predicted octanol–water partition coefficient (Wildman–Crippen LogP) is 4.54. The summed E-state index contributed by atoms with van der Waals surface area (Å²) in [5, 5.41) is 9.15. The molecule has 0 saturated heterocycles. The molecule has 0 amide bonds. The Morgan fingerprint density at radius 2 is 1.60 bits per heavy atom. The molecule has 164 valence electrons. The summed E-state index contributed by atoms with van der Waals surface area (Å²) in [6.07, 6.45) is 1.27. The van der Waals surface area contributed by atoms with Crippen molar-refractivity contribution in [3.8, 4) is 6.07 Å². The molecular weight excluding hydrogens is 406 g/mol. The van der Waals surface area contributed by atoms with Crippen molar-refractivity contribution in [3.05, 3.63) is 46.2 Å². The molecule has 1 saturated carbocycles. The predicted molar refractivity (Wildman–Crippen MR) is 97.5 cm³/mol. The van der Waals surface area contributed by atoms with Crippen LogP contribution < -0.4 is 0 Å². The summed E-state index contributed by atoms with van der Waals surface area (Å²) < 4.78 is 71.2. The second-order valence-corrected chi connectivity index (χ2v) is 7.89. The molecule has 0 N–H and O–H groups in total. The van der Waals surface area contributed by atoms with Crippen LogP contribution in [0.15, 0.2) is 11.8 Å². The first-order valence-corrected chi connectivity index (χ1v) is 9.25.